The van der Waals surface area contributed by atoms with E-state index in [0.29, 0.717) is 5.92 Å². The van der Waals surface area contributed by atoms with Gasteiger partial charge in [0, 0.05) is 18.2 Å². The zero-order chi connectivity index (χ0) is 12.4. The van der Waals surface area contributed by atoms with E-state index in [1.165, 1.54) is 0 Å². The summed E-state index contributed by atoms with van der Waals surface area (Å²) in [6.45, 7) is 2.19. The van der Waals surface area contributed by atoms with Gasteiger partial charge in [0.05, 0.1) is 5.69 Å². The van der Waals surface area contributed by atoms with E-state index in [1.807, 2.05) is 0 Å². The molecule has 1 saturated carbocycles. The van der Waals surface area contributed by atoms with E-state index in [-0.39, 0.29) is 23.8 Å². The minimum absolute atomic E-state index is 0.0174. The minimum Gasteiger partial charge on any atom is -0.380 e. The number of nitrogens with one attached hydrogen (secondary N) is 1. The Kier molecular flexibility index (Phi) is 3.62. The Hall–Kier alpha value is -1.16. The first-order valence-electron chi connectivity index (χ1n) is 6.05. The fourth-order valence-corrected chi connectivity index (χ4v) is 2.42. The molecule has 4 heteroatoms. The van der Waals surface area contributed by atoms with Gasteiger partial charge in [-0.1, -0.05) is 13.0 Å². The molecule has 2 atom stereocenters. The van der Waals surface area contributed by atoms with Gasteiger partial charge < -0.3 is 11.1 Å². The molecule has 17 heavy (non-hydrogen) atoms. The molecule has 0 spiro atoms. The highest BCUT2D eigenvalue weighted by Crippen LogP contribution is 2.29. The number of anilines is 1. The molecule has 1 aliphatic carbocycles. The zero-order valence-electron chi connectivity index (χ0n) is 9.97. The second-order valence-corrected chi connectivity index (χ2v) is 4.86. The van der Waals surface area contributed by atoms with Crippen molar-refractivity contribution in [3.63, 3.8) is 0 Å². The van der Waals surface area contributed by atoms with Crippen LogP contribution in [0.15, 0.2) is 12.1 Å². The Morgan fingerprint density at radius 2 is 2.06 bits per heavy atom. The molecule has 1 aromatic rings. The summed E-state index contributed by atoms with van der Waals surface area (Å²) in [5.74, 6) is -0.986. The summed E-state index contributed by atoms with van der Waals surface area (Å²) in [7, 11) is 0. The van der Waals surface area contributed by atoms with Crippen LogP contribution < -0.4 is 11.1 Å². The molecule has 0 amide bonds. The predicted molar refractivity (Wildman–Crippen MR) is 64.7 cm³/mol. The Morgan fingerprint density at radius 3 is 2.65 bits per heavy atom. The molecule has 0 aromatic heterocycles. The highest BCUT2D eigenvalue weighted by Gasteiger charge is 2.22. The van der Waals surface area contributed by atoms with Crippen molar-refractivity contribution in [2.45, 2.75) is 38.8 Å². The van der Waals surface area contributed by atoms with Crippen LogP contribution in [0.5, 0.6) is 0 Å². The van der Waals surface area contributed by atoms with Gasteiger partial charge >= 0.3 is 0 Å². The van der Waals surface area contributed by atoms with E-state index in [0.717, 1.165) is 19.3 Å². The van der Waals surface area contributed by atoms with E-state index < -0.39 is 11.6 Å². The normalized spacial score (nSPS) is 24.0. The van der Waals surface area contributed by atoms with Crippen molar-refractivity contribution in [2.75, 3.05) is 5.32 Å². The number of benzene rings is 1. The smallest absolute Gasteiger partial charge is 0.182 e. The molecule has 0 saturated heterocycles. The third kappa shape index (κ3) is 2.57. The molecule has 0 aliphatic heterocycles. The molecule has 0 bridgehead atoms. The van der Waals surface area contributed by atoms with Gasteiger partial charge in [-0.15, -0.1) is 0 Å². The number of nitrogens with two attached hydrogens (primary N) is 1. The van der Waals surface area contributed by atoms with Gasteiger partial charge in [0.25, 0.3) is 0 Å². The van der Waals surface area contributed by atoms with Crippen LogP contribution >= 0.6 is 0 Å². The van der Waals surface area contributed by atoms with Crippen molar-refractivity contribution < 1.29 is 8.78 Å². The molecule has 0 heterocycles. The molecule has 1 aliphatic rings. The number of halogens is 2. The van der Waals surface area contributed by atoms with E-state index in [4.69, 9.17) is 5.73 Å². The first kappa shape index (κ1) is 12.3. The van der Waals surface area contributed by atoms with Crippen LogP contribution in [0.4, 0.5) is 14.5 Å². The Bertz CT molecular complexity index is 407. The van der Waals surface area contributed by atoms with Crippen LogP contribution in [0.25, 0.3) is 0 Å². The summed E-state index contributed by atoms with van der Waals surface area (Å²) in [5, 5.41) is 3.08. The van der Waals surface area contributed by atoms with Crippen molar-refractivity contribution in [1.82, 2.24) is 0 Å². The van der Waals surface area contributed by atoms with E-state index in [9.17, 15) is 8.78 Å². The lowest BCUT2D eigenvalue weighted by Gasteiger charge is -2.15. The number of rotatable bonds is 3. The maximum Gasteiger partial charge on any atom is 0.182 e. The summed E-state index contributed by atoms with van der Waals surface area (Å²) in [4.78, 5) is 0. The van der Waals surface area contributed by atoms with Gasteiger partial charge in [-0.3, -0.25) is 0 Å². The Morgan fingerprint density at radius 1 is 1.29 bits per heavy atom. The highest BCUT2D eigenvalue weighted by molar-refractivity contribution is 5.48. The second-order valence-electron chi connectivity index (χ2n) is 4.86. The summed E-state index contributed by atoms with van der Waals surface area (Å²) >= 11 is 0. The lowest BCUT2D eigenvalue weighted by Crippen LogP contribution is -2.17. The third-order valence-electron chi connectivity index (χ3n) is 3.44. The van der Waals surface area contributed by atoms with Gasteiger partial charge in [-0.25, -0.2) is 8.78 Å². The number of hydrogen-bond donors (Lipinski definition) is 2. The van der Waals surface area contributed by atoms with Crippen LogP contribution in [0.2, 0.25) is 0 Å². The van der Waals surface area contributed by atoms with Crippen LogP contribution in [0, 0.1) is 17.6 Å². The molecule has 3 N–H and O–H groups in total. The molecular weight excluding hydrogens is 222 g/mol. The van der Waals surface area contributed by atoms with Crippen molar-refractivity contribution in [2.24, 2.45) is 11.7 Å². The Labute approximate surface area is 100 Å². The summed E-state index contributed by atoms with van der Waals surface area (Å²) in [6, 6.07) is 3.37. The van der Waals surface area contributed by atoms with E-state index in [1.54, 1.807) is 12.1 Å². The fourth-order valence-electron chi connectivity index (χ4n) is 2.42. The summed E-state index contributed by atoms with van der Waals surface area (Å²) in [6.07, 6.45) is 3.17. The third-order valence-corrected chi connectivity index (χ3v) is 3.44. The molecule has 2 nitrogen and oxygen atoms in total. The molecule has 0 radical (unpaired) electrons. The van der Waals surface area contributed by atoms with Crippen molar-refractivity contribution in [3.8, 4) is 0 Å². The molecule has 2 rings (SSSR count). The summed E-state index contributed by atoms with van der Waals surface area (Å²) in [5.41, 5.74) is 5.79. The monoisotopic (exact) mass is 240 g/mol. The lowest BCUT2D eigenvalue weighted by atomic mass is 10.1. The topological polar surface area (TPSA) is 38.0 Å². The van der Waals surface area contributed by atoms with Gasteiger partial charge in [0.1, 0.15) is 0 Å². The SMILES string of the molecule is CC1CCC(Nc2ccc(CN)c(F)c2F)C1. The Balaban J connectivity index is 2.14. The molecule has 1 fully saturated rings. The molecular formula is C13H18F2N2. The quantitative estimate of drug-likeness (QED) is 0.852. The number of hydrogen-bond acceptors (Lipinski definition) is 2. The lowest BCUT2D eigenvalue weighted by molar-refractivity contribution is 0.499. The van der Waals surface area contributed by atoms with Gasteiger partial charge in [0.2, 0.25) is 0 Å². The van der Waals surface area contributed by atoms with Crippen LogP contribution in [0.1, 0.15) is 31.7 Å². The van der Waals surface area contributed by atoms with Crippen LogP contribution in [0.3, 0.4) is 0 Å². The maximum atomic E-state index is 13.7. The van der Waals surface area contributed by atoms with Crippen LogP contribution in [-0.4, -0.2) is 6.04 Å². The predicted octanol–water partition coefficient (Wildman–Crippen LogP) is 3.02. The average Bonchev–Trinajstić information content (AvgIpc) is 2.71. The van der Waals surface area contributed by atoms with Gasteiger partial charge in [0.15, 0.2) is 11.6 Å². The summed E-state index contributed by atoms with van der Waals surface area (Å²) < 4.78 is 27.2. The molecule has 2 unspecified atom stereocenters. The van der Waals surface area contributed by atoms with E-state index in [2.05, 4.69) is 12.2 Å². The largest absolute Gasteiger partial charge is 0.380 e. The molecule has 94 valence electrons. The average molecular weight is 240 g/mol. The fraction of sp³-hybridized carbons (Fsp3) is 0.538. The zero-order valence-corrected chi connectivity index (χ0v) is 9.97. The van der Waals surface area contributed by atoms with E-state index >= 15 is 0 Å². The van der Waals surface area contributed by atoms with Crippen LogP contribution in [-0.2, 0) is 6.54 Å². The highest BCUT2D eigenvalue weighted by atomic mass is 19.2. The van der Waals surface area contributed by atoms with Crippen molar-refractivity contribution in [3.05, 3.63) is 29.3 Å². The van der Waals surface area contributed by atoms with Crippen molar-refractivity contribution in [1.29, 1.82) is 0 Å². The second kappa shape index (κ2) is 5.00. The van der Waals surface area contributed by atoms with Gasteiger partial charge in [-0.2, -0.15) is 0 Å². The minimum atomic E-state index is -0.830. The first-order valence-corrected chi connectivity index (χ1v) is 6.05. The van der Waals surface area contributed by atoms with Crippen molar-refractivity contribution >= 4 is 5.69 Å². The maximum absolute atomic E-state index is 13.7. The molecule has 1 aromatic carbocycles. The standard InChI is InChI=1S/C13H18F2N2/c1-8-2-4-10(6-8)17-11-5-3-9(7-16)12(14)13(11)15/h3,5,8,10,17H,2,4,6-7,16H2,1H3. The van der Waals surface area contributed by atoms with Gasteiger partial charge in [-0.05, 0) is 31.2 Å². The first-order chi connectivity index (χ1) is 8.11.